The van der Waals surface area contributed by atoms with Crippen molar-refractivity contribution in [2.24, 2.45) is 5.73 Å². The fraction of sp³-hybridized carbons (Fsp3) is 0.364. The van der Waals surface area contributed by atoms with Crippen molar-refractivity contribution in [1.29, 1.82) is 0 Å². The fourth-order valence-corrected chi connectivity index (χ4v) is 2.34. The summed E-state index contributed by atoms with van der Waals surface area (Å²) in [6.45, 7) is 0.129. The van der Waals surface area contributed by atoms with Crippen LogP contribution in [0.5, 0.6) is 0 Å². The van der Waals surface area contributed by atoms with Gasteiger partial charge in [0.15, 0.2) is 0 Å². The minimum absolute atomic E-state index is 0.0509. The predicted octanol–water partition coefficient (Wildman–Crippen LogP) is 2.04. The molecule has 0 fully saturated rings. The molecule has 0 aromatic carbocycles. The summed E-state index contributed by atoms with van der Waals surface area (Å²) in [7, 11) is 0. The van der Waals surface area contributed by atoms with E-state index >= 15 is 0 Å². The standard InChI is InChI=1S/C11H11F3N2OS2/c12-11(13,14)19-7-5-16-10(17)9-8(2-1-4-15)3-6-18-9/h3,6H,4-5,7,15H2,(H,16,17). The highest BCUT2D eigenvalue weighted by Crippen LogP contribution is 2.29. The van der Waals surface area contributed by atoms with E-state index < -0.39 is 11.4 Å². The minimum Gasteiger partial charge on any atom is -0.350 e. The van der Waals surface area contributed by atoms with Crippen LogP contribution in [0.2, 0.25) is 0 Å². The minimum atomic E-state index is -4.27. The molecule has 1 heterocycles. The Bertz CT molecular complexity index is 488. The Morgan fingerprint density at radius 2 is 2.26 bits per heavy atom. The Morgan fingerprint density at radius 3 is 2.89 bits per heavy atom. The van der Waals surface area contributed by atoms with Crippen LogP contribution in [0.25, 0.3) is 0 Å². The average molecular weight is 308 g/mol. The number of alkyl halides is 3. The maximum atomic E-state index is 11.9. The molecule has 0 spiro atoms. The van der Waals surface area contributed by atoms with Crippen molar-refractivity contribution in [3.05, 3.63) is 21.9 Å². The number of thiophene rings is 1. The quantitative estimate of drug-likeness (QED) is 0.661. The van der Waals surface area contributed by atoms with Crippen molar-refractivity contribution in [2.75, 3.05) is 18.8 Å². The Labute approximate surface area is 116 Å². The zero-order valence-corrected chi connectivity index (χ0v) is 11.3. The van der Waals surface area contributed by atoms with Crippen molar-refractivity contribution in [3.8, 4) is 11.8 Å². The number of hydrogen-bond donors (Lipinski definition) is 2. The third kappa shape index (κ3) is 6.00. The van der Waals surface area contributed by atoms with E-state index in [1.54, 1.807) is 11.4 Å². The van der Waals surface area contributed by atoms with Crippen LogP contribution in [0.4, 0.5) is 13.2 Å². The van der Waals surface area contributed by atoms with Crippen LogP contribution >= 0.6 is 23.1 Å². The van der Waals surface area contributed by atoms with Gasteiger partial charge in [-0.3, -0.25) is 4.79 Å². The van der Waals surface area contributed by atoms with Crippen LogP contribution < -0.4 is 11.1 Å². The fourth-order valence-electron chi connectivity index (χ4n) is 1.14. The third-order valence-electron chi connectivity index (χ3n) is 1.85. The molecule has 0 aliphatic heterocycles. The molecule has 3 nitrogen and oxygen atoms in total. The zero-order chi connectivity index (χ0) is 14.3. The summed E-state index contributed by atoms with van der Waals surface area (Å²) in [6.07, 6.45) is 0. The van der Waals surface area contributed by atoms with Gasteiger partial charge in [-0.1, -0.05) is 11.8 Å². The highest BCUT2D eigenvalue weighted by atomic mass is 32.2. The molecule has 0 saturated heterocycles. The molecule has 1 rings (SSSR count). The zero-order valence-electron chi connectivity index (χ0n) is 9.71. The Balaban J connectivity index is 2.48. The summed E-state index contributed by atoms with van der Waals surface area (Å²) in [5.41, 5.74) is 1.50. The molecule has 0 bridgehead atoms. The van der Waals surface area contributed by atoms with Crippen molar-refractivity contribution in [3.63, 3.8) is 0 Å². The second kappa shape index (κ2) is 7.43. The number of carbonyl (C=O) groups is 1. The smallest absolute Gasteiger partial charge is 0.350 e. The monoisotopic (exact) mass is 308 g/mol. The number of thioether (sulfide) groups is 1. The molecular formula is C11H11F3N2OS2. The molecule has 0 unspecified atom stereocenters. The Hall–Kier alpha value is -1.17. The SMILES string of the molecule is NCC#Cc1ccsc1C(=O)NCCSC(F)(F)F. The first-order valence-corrected chi connectivity index (χ1v) is 7.06. The second-order valence-corrected chi connectivity index (χ2v) is 5.30. The molecule has 8 heteroatoms. The lowest BCUT2D eigenvalue weighted by Gasteiger charge is -2.06. The maximum Gasteiger partial charge on any atom is 0.441 e. The topological polar surface area (TPSA) is 55.1 Å². The first-order valence-electron chi connectivity index (χ1n) is 5.19. The first kappa shape index (κ1) is 15.9. The van der Waals surface area contributed by atoms with Crippen LogP contribution in [0.15, 0.2) is 11.4 Å². The molecule has 0 radical (unpaired) electrons. The van der Waals surface area contributed by atoms with Gasteiger partial charge < -0.3 is 11.1 Å². The summed E-state index contributed by atoms with van der Waals surface area (Å²) in [6, 6.07) is 1.67. The number of nitrogens with two attached hydrogens (primary N) is 1. The van der Waals surface area contributed by atoms with Crippen molar-refractivity contribution >= 4 is 29.0 Å². The number of carbonyl (C=O) groups excluding carboxylic acids is 1. The second-order valence-electron chi connectivity index (χ2n) is 3.22. The molecule has 0 aliphatic carbocycles. The van der Waals surface area contributed by atoms with Gasteiger partial charge in [0.1, 0.15) is 4.88 Å². The van der Waals surface area contributed by atoms with Crippen LogP contribution in [0.1, 0.15) is 15.2 Å². The van der Waals surface area contributed by atoms with Crippen molar-refractivity contribution in [1.82, 2.24) is 5.32 Å². The molecule has 19 heavy (non-hydrogen) atoms. The normalized spacial score (nSPS) is 10.7. The van der Waals surface area contributed by atoms with E-state index in [0.717, 1.165) is 0 Å². The highest BCUT2D eigenvalue weighted by molar-refractivity contribution is 8.00. The summed E-state index contributed by atoms with van der Waals surface area (Å²) < 4.78 is 35.6. The van der Waals surface area contributed by atoms with Gasteiger partial charge in [-0.25, -0.2) is 0 Å². The van der Waals surface area contributed by atoms with Crippen molar-refractivity contribution in [2.45, 2.75) is 5.51 Å². The highest BCUT2D eigenvalue weighted by Gasteiger charge is 2.27. The molecule has 3 N–H and O–H groups in total. The maximum absolute atomic E-state index is 11.9. The third-order valence-corrected chi connectivity index (χ3v) is 3.50. The van der Waals surface area contributed by atoms with Crippen molar-refractivity contribution < 1.29 is 18.0 Å². The van der Waals surface area contributed by atoms with E-state index in [1.807, 2.05) is 0 Å². The van der Waals surface area contributed by atoms with Crippen LogP contribution in [0.3, 0.4) is 0 Å². The van der Waals surface area contributed by atoms with Gasteiger partial charge in [0.25, 0.3) is 5.91 Å². The molecule has 1 amide bonds. The molecule has 0 aliphatic rings. The lowest BCUT2D eigenvalue weighted by atomic mass is 10.2. The molecule has 104 valence electrons. The number of halogens is 3. The van der Waals surface area contributed by atoms with E-state index in [4.69, 9.17) is 5.73 Å². The molecule has 1 aromatic heterocycles. The summed E-state index contributed by atoms with van der Waals surface area (Å²) >= 11 is 1.02. The molecule has 0 atom stereocenters. The van der Waals surface area contributed by atoms with Gasteiger partial charge in [-0.05, 0) is 23.2 Å². The largest absolute Gasteiger partial charge is 0.441 e. The number of hydrogen-bond acceptors (Lipinski definition) is 4. The van der Waals surface area contributed by atoms with E-state index in [2.05, 4.69) is 17.2 Å². The lowest BCUT2D eigenvalue weighted by molar-refractivity contribution is -0.0327. The number of nitrogens with one attached hydrogen (secondary N) is 1. The Morgan fingerprint density at radius 1 is 1.53 bits per heavy atom. The molecule has 0 saturated carbocycles. The van der Waals surface area contributed by atoms with E-state index in [9.17, 15) is 18.0 Å². The predicted molar refractivity (Wildman–Crippen MR) is 71.1 cm³/mol. The van der Waals surface area contributed by atoms with E-state index in [-0.39, 0.29) is 30.6 Å². The van der Waals surface area contributed by atoms with Gasteiger partial charge in [0.05, 0.1) is 6.54 Å². The van der Waals surface area contributed by atoms with Gasteiger partial charge in [0.2, 0.25) is 0 Å². The van der Waals surface area contributed by atoms with E-state index in [1.165, 1.54) is 11.3 Å². The summed E-state index contributed by atoms with van der Waals surface area (Å²) in [5.74, 6) is 4.73. The van der Waals surface area contributed by atoms with Crippen LogP contribution in [-0.2, 0) is 0 Å². The molecule has 1 aromatic rings. The van der Waals surface area contributed by atoms with Crippen LogP contribution in [0, 0.1) is 11.8 Å². The number of rotatable bonds is 4. The summed E-state index contributed by atoms with van der Waals surface area (Å²) in [4.78, 5) is 12.1. The lowest BCUT2D eigenvalue weighted by Crippen LogP contribution is -2.26. The average Bonchev–Trinajstić information content (AvgIpc) is 2.79. The Kier molecular flexibility index (Phi) is 6.21. The molecular weight excluding hydrogens is 297 g/mol. The van der Waals surface area contributed by atoms with Gasteiger partial charge in [-0.15, -0.1) is 11.3 Å². The van der Waals surface area contributed by atoms with Gasteiger partial charge in [0, 0.05) is 17.9 Å². The van der Waals surface area contributed by atoms with E-state index in [0.29, 0.717) is 10.4 Å². The van der Waals surface area contributed by atoms with Gasteiger partial charge in [-0.2, -0.15) is 13.2 Å². The number of amides is 1. The van der Waals surface area contributed by atoms with Gasteiger partial charge >= 0.3 is 5.51 Å². The van der Waals surface area contributed by atoms with Crippen LogP contribution in [-0.4, -0.2) is 30.3 Å². The first-order chi connectivity index (χ1) is 8.94. The summed E-state index contributed by atoms with van der Waals surface area (Å²) in [5, 5.41) is 4.12.